The van der Waals surface area contributed by atoms with Crippen molar-refractivity contribution in [3.8, 4) is 11.4 Å². The molecule has 7 heteroatoms. The van der Waals surface area contributed by atoms with Crippen LogP contribution in [0.1, 0.15) is 24.4 Å². The van der Waals surface area contributed by atoms with Crippen LogP contribution in [0.15, 0.2) is 77.6 Å². The highest BCUT2D eigenvalue weighted by atomic mass is 16.2. The minimum absolute atomic E-state index is 0.121. The molecule has 1 aromatic heterocycles. The van der Waals surface area contributed by atoms with Crippen molar-refractivity contribution in [1.29, 1.82) is 0 Å². The number of nitrogens with one attached hydrogen (secondary N) is 2. The predicted molar refractivity (Wildman–Crippen MR) is 124 cm³/mol. The normalized spacial score (nSPS) is 13.2. The van der Waals surface area contributed by atoms with Gasteiger partial charge in [-0.1, -0.05) is 72.8 Å². The van der Waals surface area contributed by atoms with Crippen LogP contribution < -0.4 is 16.3 Å². The van der Waals surface area contributed by atoms with Crippen molar-refractivity contribution in [2.45, 2.75) is 32.0 Å². The molecule has 2 N–H and O–H groups in total. The van der Waals surface area contributed by atoms with E-state index in [-0.39, 0.29) is 17.8 Å². The van der Waals surface area contributed by atoms with E-state index in [1.807, 2.05) is 54.6 Å². The second-order valence-electron chi connectivity index (χ2n) is 8.04. The summed E-state index contributed by atoms with van der Waals surface area (Å²) in [6.07, 6.45) is 2.00. The first-order valence-corrected chi connectivity index (χ1v) is 10.9. The molecule has 162 valence electrons. The molecule has 4 aromatic rings. The molecule has 0 saturated heterocycles. The molecule has 0 unspecified atom stereocenters. The molecule has 0 radical (unpaired) electrons. The minimum atomic E-state index is -0.268. The van der Waals surface area contributed by atoms with E-state index < -0.39 is 0 Å². The van der Waals surface area contributed by atoms with Crippen LogP contribution in [0.25, 0.3) is 22.2 Å². The van der Waals surface area contributed by atoms with Crippen molar-refractivity contribution in [3.63, 3.8) is 0 Å². The largest absolute Gasteiger partial charge is 0.346 e. The van der Waals surface area contributed by atoms with Gasteiger partial charge in [-0.05, 0) is 29.2 Å². The third kappa shape index (κ3) is 4.14. The molecule has 3 aromatic carbocycles. The summed E-state index contributed by atoms with van der Waals surface area (Å²) in [7, 11) is 0. The van der Waals surface area contributed by atoms with E-state index in [2.05, 4.69) is 33.9 Å². The number of urea groups is 1. The quantitative estimate of drug-likeness (QED) is 0.472. The fraction of sp³-hybridized carbons (Fsp3) is 0.240. The van der Waals surface area contributed by atoms with E-state index in [1.165, 1.54) is 4.68 Å². The lowest BCUT2D eigenvalue weighted by molar-refractivity contribution is 0.240. The average molecular weight is 428 g/mol. The van der Waals surface area contributed by atoms with Gasteiger partial charge in [0.2, 0.25) is 0 Å². The highest BCUT2D eigenvalue weighted by Gasteiger charge is 2.30. The van der Waals surface area contributed by atoms with Gasteiger partial charge in [-0.3, -0.25) is 4.57 Å². The molecule has 1 saturated carbocycles. The molecule has 0 bridgehead atoms. The van der Waals surface area contributed by atoms with Crippen LogP contribution in [0.3, 0.4) is 0 Å². The second-order valence-corrected chi connectivity index (χ2v) is 8.04. The molecule has 1 aliphatic rings. The van der Waals surface area contributed by atoms with Crippen LogP contribution in [0.2, 0.25) is 0 Å². The molecule has 7 nitrogen and oxygen atoms in total. The number of hydrogen-bond donors (Lipinski definition) is 2. The van der Waals surface area contributed by atoms with E-state index >= 15 is 0 Å². The number of benzene rings is 3. The molecular weight excluding hydrogens is 402 g/mol. The third-order valence-electron chi connectivity index (χ3n) is 5.74. The predicted octanol–water partition coefficient (Wildman–Crippen LogP) is 3.70. The molecule has 0 spiro atoms. The number of carbonyl (C=O) groups excluding carboxylic acids is 1. The number of rotatable bonds is 7. The Kier molecular flexibility index (Phi) is 5.46. The molecule has 0 aliphatic heterocycles. The van der Waals surface area contributed by atoms with Crippen molar-refractivity contribution < 1.29 is 4.79 Å². The first-order valence-electron chi connectivity index (χ1n) is 10.9. The summed E-state index contributed by atoms with van der Waals surface area (Å²) in [5, 5.41) is 12.6. The number of aromatic nitrogens is 3. The van der Waals surface area contributed by atoms with Gasteiger partial charge in [0, 0.05) is 24.7 Å². The lowest BCUT2D eigenvalue weighted by atomic mass is 10.0. The summed E-state index contributed by atoms with van der Waals surface area (Å²) in [5.74, 6) is 0.693. The van der Waals surface area contributed by atoms with Gasteiger partial charge in [-0.15, -0.1) is 5.10 Å². The SMILES string of the molecule is O=C(NCCn1nc(-c2ccccc2)n(C2CC2)c1=O)NCc1cccc2ccccc12. The molecule has 1 fully saturated rings. The maximum atomic E-state index is 12.9. The Bertz CT molecular complexity index is 1300. The van der Waals surface area contributed by atoms with Gasteiger partial charge in [0.05, 0.1) is 6.54 Å². The van der Waals surface area contributed by atoms with E-state index in [4.69, 9.17) is 0 Å². The van der Waals surface area contributed by atoms with Crippen LogP contribution in [-0.4, -0.2) is 26.9 Å². The lowest BCUT2D eigenvalue weighted by Crippen LogP contribution is -2.38. The summed E-state index contributed by atoms with van der Waals surface area (Å²) in [6.45, 7) is 1.07. The number of nitrogens with zero attached hydrogens (tertiary/aromatic N) is 3. The van der Waals surface area contributed by atoms with E-state index in [9.17, 15) is 9.59 Å². The highest BCUT2D eigenvalue weighted by molar-refractivity contribution is 5.86. The molecule has 1 heterocycles. The zero-order chi connectivity index (χ0) is 21.9. The smallest absolute Gasteiger partial charge is 0.336 e. The van der Waals surface area contributed by atoms with Gasteiger partial charge in [0.1, 0.15) is 0 Å². The maximum Gasteiger partial charge on any atom is 0.346 e. The highest BCUT2D eigenvalue weighted by Crippen LogP contribution is 2.36. The van der Waals surface area contributed by atoms with Gasteiger partial charge in [0.25, 0.3) is 0 Å². The molecule has 5 rings (SSSR count). The lowest BCUT2D eigenvalue weighted by Gasteiger charge is -2.09. The molecule has 2 amide bonds. The average Bonchev–Trinajstić information content (AvgIpc) is 3.61. The van der Waals surface area contributed by atoms with Gasteiger partial charge in [-0.25, -0.2) is 14.3 Å². The Labute approximate surface area is 185 Å². The monoisotopic (exact) mass is 427 g/mol. The van der Waals surface area contributed by atoms with Crippen molar-refractivity contribution in [2.75, 3.05) is 6.54 Å². The second kappa shape index (κ2) is 8.70. The third-order valence-corrected chi connectivity index (χ3v) is 5.74. The Morgan fingerprint density at radius 1 is 0.938 bits per heavy atom. The van der Waals surface area contributed by atoms with Crippen LogP contribution >= 0.6 is 0 Å². The Morgan fingerprint density at radius 2 is 1.69 bits per heavy atom. The van der Waals surface area contributed by atoms with Gasteiger partial charge in [0.15, 0.2) is 5.82 Å². The number of hydrogen-bond acceptors (Lipinski definition) is 3. The molecule has 1 aliphatic carbocycles. The fourth-order valence-corrected chi connectivity index (χ4v) is 3.97. The fourth-order valence-electron chi connectivity index (χ4n) is 3.97. The summed E-state index contributed by atoms with van der Waals surface area (Å²) >= 11 is 0. The van der Waals surface area contributed by atoms with Crippen molar-refractivity contribution >= 4 is 16.8 Å². The maximum absolute atomic E-state index is 12.9. The van der Waals surface area contributed by atoms with E-state index in [0.717, 1.165) is 34.7 Å². The number of amides is 2. The van der Waals surface area contributed by atoms with Gasteiger partial charge < -0.3 is 10.6 Å². The number of fused-ring (bicyclic) bond motifs is 1. The summed E-state index contributed by atoms with van der Waals surface area (Å²) < 4.78 is 3.24. The van der Waals surface area contributed by atoms with E-state index in [0.29, 0.717) is 25.5 Å². The molecule has 32 heavy (non-hydrogen) atoms. The van der Waals surface area contributed by atoms with Crippen molar-refractivity contribution in [1.82, 2.24) is 25.0 Å². The molecular formula is C25H25N5O2. The summed E-state index contributed by atoms with van der Waals surface area (Å²) in [6, 6.07) is 23.9. The summed E-state index contributed by atoms with van der Waals surface area (Å²) in [5.41, 5.74) is 1.87. The zero-order valence-corrected chi connectivity index (χ0v) is 17.7. The number of carbonyl (C=O) groups is 1. The zero-order valence-electron chi connectivity index (χ0n) is 17.7. The van der Waals surface area contributed by atoms with Crippen molar-refractivity contribution in [2.24, 2.45) is 0 Å². The minimum Gasteiger partial charge on any atom is -0.336 e. The first-order chi connectivity index (χ1) is 15.7. The summed E-state index contributed by atoms with van der Waals surface area (Å²) in [4.78, 5) is 25.2. The van der Waals surface area contributed by atoms with Gasteiger partial charge in [-0.2, -0.15) is 0 Å². The van der Waals surface area contributed by atoms with Crippen LogP contribution in [0.4, 0.5) is 4.79 Å². The Morgan fingerprint density at radius 3 is 2.50 bits per heavy atom. The molecule has 0 atom stereocenters. The Hall–Kier alpha value is -3.87. The first kappa shape index (κ1) is 20.1. The Balaban J connectivity index is 1.21. The standard InChI is InChI=1S/C25H25N5O2/c31-24(27-17-20-11-6-10-18-7-4-5-12-22(18)20)26-15-16-29-25(32)30(21-13-14-21)23(28-29)19-8-2-1-3-9-19/h1-12,21H,13-17H2,(H2,26,27,31). The van der Waals surface area contributed by atoms with Crippen LogP contribution in [0.5, 0.6) is 0 Å². The van der Waals surface area contributed by atoms with Gasteiger partial charge >= 0.3 is 11.7 Å². The van der Waals surface area contributed by atoms with Crippen molar-refractivity contribution in [3.05, 3.63) is 88.8 Å². The van der Waals surface area contributed by atoms with E-state index in [1.54, 1.807) is 4.57 Å². The van der Waals surface area contributed by atoms with Crippen LogP contribution in [0, 0.1) is 0 Å². The van der Waals surface area contributed by atoms with Crippen LogP contribution in [-0.2, 0) is 13.1 Å². The topological polar surface area (TPSA) is 81.0 Å².